The van der Waals surface area contributed by atoms with Gasteiger partial charge in [-0.2, -0.15) is 0 Å². The zero-order chi connectivity index (χ0) is 19.3. The second-order valence-corrected chi connectivity index (χ2v) is 6.77. The van der Waals surface area contributed by atoms with E-state index in [2.05, 4.69) is 38.9 Å². The molecule has 3 N–H and O–H groups in total. The molecule has 5 nitrogen and oxygen atoms in total. The zero-order valence-electron chi connectivity index (χ0n) is 15.7. The Labute approximate surface area is 163 Å². The van der Waals surface area contributed by atoms with Crippen molar-refractivity contribution in [3.63, 3.8) is 0 Å². The number of aryl methyl sites for hydroxylation is 1. The van der Waals surface area contributed by atoms with Gasteiger partial charge in [0.05, 0.1) is 11.3 Å². The van der Waals surface area contributed by atoms with E-state index < -0.39 is 0 Å². The molecule has 0 fully saturated rings. The van der Waals surface area contributed by atoms with Gasteiger partial charge >= 0.3 is 0 Å². The summed E-state index contributed by atoms with van der Waals surface area (Å²) in [6.45, 7) is 2.73. The molecule has 2 aromatic carbocycles. The standard InChI is InChI=1S/C23H22N4O/c1-16-6-2-4-8-21(16)27-23(28)18-12-19(15-24-13-18)25-11-10-17-14-26-22-9-5-3-7-20(17)22/h2-9,12-15,25-26H,10-11H2,1H3,(H,27,28). The molecule has 2 heterocycles. The number of nitrogens with one attached hydrogen (secondary N) is 3. The minimum Gasteiger partial charge on any atom is -0.383 e. The summed E-state index contributed by atoms with van der Waals surface area (Å²) in [6.07, 6.45) is 6.25. The van der Waals surface area contributed by atoms with Crippen molar-refractivity contribution in [3.8, 4) is 0 Å². The maximum Gasteiger partial charge on any atom is 0.257 e. The van der Waals surface area contributed by atoms with Crippen LogP contribution in [0.2, 0.25) is 0 Å². The molecule has 0 aliphatic rings. The number of pyridine rings is 1. The molecular weight excluding hydrogens is 348 g/mol. The van der Waals surface area contributed by atoms with Gasteiger partial charge in [0, 0.05) is 41.7 Å². The van der Waals surface area contributed by atoms with Gasteiger partial charge in [0.25, 0.3) is 5.91 Å². The van der Waals surface area contributed by atoms with Gasteiger partial charge in [0.15, 0.2) is 0 Å². The lowest BCUT2D eigenvalue weighted by atomic mass is 10.1. The predicted octanol–water partition coefficient (Wildman–Crippen LogP) is 4.78. The fourth-order valence-electron chi connectivity index (χ4n) is 3.25. The molecule has 0 unspecified atom stereocenters. The van der Waals surface area contributed by atoms with Crippen LogP contribution < -0.4 is 10.6 Å². The topological polar surface area (TPSA) is 69.8 Å². The quantitative estimate of drug-likeness (QED) is 0.457. The SMILES string of the molecule is Cc1ccccc1NC(=O)c1cncc(NCCc2c[nH]c3ccccc23)c1. The van der Waals surface area contributed by atoms with Crippen molar-refractivity contribution in [2.24, 2.45) is 0 Å². The van der Waals surface area contributed by atoms with Crippen molar-refractivity contribution in [1.82, 2.24) is 9.97 Å². The Morgan fingerprint density at radius 3 is 2.79 bits per heavy atom. The first-order valence-corrected chi connectivity index (χ1v) is 9.31. The third-order valence-electron chi connectivity index (χ3n) is 4.79. The van der Waals surface area contributed by atoms with Crippen molar-refractivity contribution in [3.05, 3.63) is 89.9 Å². The lowest BCUT2D eigenvalue weighted by Crippen LogP contribution is -2.14. The van der Waals surface area contributed by atoms with E-state index in [9.17, 15) is 4.79 Å². The molecule has 4 rings (SSSR count). The second kappa shape index (κ2) is 7.96. The fraction of sp³-hybridized carbons (Fsp3) is 0.130. The number of hydrogen-bond donors (Lipinski definition) is 3. The number of para-hydroxylation sites is 2. The van der Waals surface area contributed by atoms with E-state index in [0.717, 1.165) is 35.4 Å². The Kier molecular flexibility index (Phi) is 5.06. The molecule has 0 radical (unpaired) electrons. The fourth-order valence-corrected chi connectivity index (χ4v) is 3.25. The summed E-state index contributed by atoms with van der Waals surface area (Å²) in [6, 6.07) is 17.8. The highest BCUT2D eigenvalue weighted by molar-refractivity contribution is 6.04. The van der Waals surface area contributed by atoms with Crippen LogP contribution in [0.15, 0.2) is 73.2 Å². The molecule has 5 heteroatoms. The maximum atomic E-state index is 12.5. The van der Waals surface area contributed by atoms with Crippen LogP contribution in [-0.2, 0) is 6.42 Å². The van der Waals surface area contributed by atoms with Crippen molar-refractivity contribution >= 4 is 28.2 Å². The zero-order valence-corrected chi connectivity index (χ0v) is 15.7. The van der Waals surface area contributed by atoms with Crippen LogP contribution in [-0.4, -0.2) is 22.4 Å². The van der Waals surface area contributed by atoms with Gasteiger partial charge in [-0.1, -0.05) is 36.4 Å². The Hall–Kier alpha value is -3.60. The van der Waals surface area contributed by atoms with E-state index in [0.29, 0.717) is 5.56 Å². The number of carbonyl (C=O) groups is 1. The average molecular weight is 370 g/mol. The number of aromatic amines is 1. The summed E-state index contributed by atoms with van der Waals surface area (Å²) in [7, 11) is 0. The number of carbonyl (C=O) groups excluding carboxylic acids is 1. The number of rotatable bonds is 6. The number of hydrogen-bond acceptors (Lipinski definition) is 3. The minimum absolute atomic E-state index is 0.165. The third kappa shape index (κ3) is 3.88. The Morgan fingerprint density at radius 1 is 1.07 bits per heavy atom. The van der Waals surface area contributed by atoms with Crippen LogP contribution in [0, 0.1) is 6.92 Å². The van der Waals surface area contributed by atoms with E-state index in [4.69, 9.17) is 0 Å². The molecule has 0 atom stereocenters. The smallest absolute Gasteiger partial charge is 0.257 e. The van der Waals surface area contributed by atoms with Crippen LogP contribution in [0.1, 0.15) is 21.5 Å². The second-order valence-electron chi connectivity index (χ2n) is 6.77. The summed E-state index contributed by atoms with van der Waals surface area (Å²) < 4.78 is 0. The van der Waals surface area contributed by atoms with Crippen molar-refractivity contribution in [1.29, 1.82) is 0 Å². The summed E-state index contributed by atoms with van der Waals surface area (Å²) in [5.74, 6) is -0.165. The van der Waals surface area contributed by atoms with Gasteiger partial charge < -0.3 is 15.6 Å². The molecular formula is C23H22N4O. The van der Waals surface area contributed by atoms with Crippen LogP contribution in [0.3, 0.4) is 0 Å². The van der Waals surface area contributed by atoms with Gasteiger partial charge in [0.1, 0.15) is 0 Å². The number of fused-ring (bicyclic) bond motifs is 1. The van der Waals surface area contributed by atoms with Crippen LogP contribution in [0.5, 0.6) is 0 Å². The largest absolute Gasteiger partial charge is 0.383 e. The third-order valence-corrected chi connectivity index (χ3v) is 4.79. The molecule has 1 amide bonds. The predicted molar refractivity (Wildman–Crippen MR) is 114 cm³/mol. The van der Waals surface area contributed by atoms with E-state index >= 15 is 0 Å². The van der Waals surface area contributed by atoms with Crippen LogP contribution in [0.25, 0.3) is 10.9 Å². The molecule has 0 aliphatic heterocycles. The highest BCUT2D eigenvalue weighted by Gasteiger charge is 2.09. The molecule has 0 bridgehead atoms. The molecule has 0 spiro atoms. The number of amides is 1. The lowest BCUT2D eigenvalue weighted by Gasteiger charge is -2.10. The minimum atomic E-state index is -0.165. The monoisotopic (exact) mass is 370 g/mol. The highest BCUT2D eigenvalue weighted by Crippen LogP contribution is 2.19. The molecule has 0 saturated heterocycles. The van der Waals surface area contributed by atoms with Crippen molar-refractivity contribution < 1.29 is 4.79 Å². The van der Waals surface area contributed by atoms with Gasteiger partial charge in [-0.3, -0.25) is 9.78 Å². The molecule has 28 heavy (non-hydrogen) atoms. The summed E-state index contributed by atoms with van der Waals surface area (Å²) in [4.78, 5) is 20.0. The number of benzene rings is 2. The molecule has 0 saturated carbocycles. The Morgan fingerprint density at radius 2 is 1.89 bits per heavy atom. The summed E-state index contributed by atoms with van der Waals surface area (Å²) >= 11 is 0. The number of aromatic nitrogens is 2. The Bertz CT molecular complexity index is 1120. The summed E-state index contributed by atoms with van der Waals surface area (Å²) in [5, 5.41) is 7.55. The first-order chi connectivity index (χ1) is 13.7. The maximum absolute atomic E-state index is 12.5. The van der Waals surface area contributed by atoms with Gasteiger partial charge in [0.2, 0.25) is 0 Å². The molecule has 4 aromatic rings. The van der Waals surface area contributed by atoms with Crippen LogP contribution >= 0.6 is 0 Å². The number of nitrogens with zero attached hydrogens (tertiary/aromatic N) is 1. The first-order valence-electron chi connectivity index (χ1n) is 9.31. The lowest BCUT2D eigenvalue weighted by molar-refractivity contribution is 0.102. The van der Waals surface area contributed by atoms with Gasteiger partial charge in [-0.25, -0.2) is 0 Å². The molecule has 140 valence electrons. The average Bonchev–Trinajstić information content (AvgIpc) is 3.13. The van der Waals surface area contributed by atoms with Crippen molar-refractivity contribution in [2.45, 2.75) is 13.3 Å². The first kappa shape index (κ1) is 17.8. The van der Waals surface area contributed by atoms with Gasteiger partial charge in [-0.05, 0) is 42.7 Å². The molecule has 2 aromatic heterocycles. The molecule has 0 aliphatic carbocycles. The van der Waals surface area contributed by atoms with E-state index in [1.165, 1.54) is 10.9 Å². The van der Waals surface area contributed by atoms with E-state index in [-0.39, 0.29) is 5.91 Å². The van der Waals surface area contributed by atoms with E-state index in [1.807, 2.05) is 49.4 Å². The Balaban J connectivity index is 1.39. The number of H-pyrrole nitrogens is 1. The van der Waals surface area contributed by atoms with E-state index in [1.54, 1.807) is 12.4 Å². The van der Waals surface area contributed by atoms with Crippen LogP contribution in [0.4, 0.5) is 11.4 Å². The van der Waals surface area contributed by atoms with Crippen molar-refractivity contribution in [2.75, 3.05) is 17.2 Å². The highest BCUT2D eigenvalue weighted by atomic mass is 16.1. The normalized spacial score (nSPS) is 10.8. The summed E-state index contributed by atoms with van der Waals surface area (Å²) in [5.41, 5.74) is 5.61. The van der Waals surface area contributed by atoms with Gasteiger partial charge in [-0.15, -0.1) is 0 Å². The number of anilines is 2.